The van der Waals surface area contributed by atoms with Crippen LogP contribution in [-0.2, 0) is 13.6 Å². The number of hydrogen-bond acceptors (Lipinski definition) is 4. The van der Waals surface area contributed by atoms with Gasteiger partial charge in [0.1, 0.15) is 17.1 Å². The van der Waals surface area contributed by atoms with Crippen LogP contribution in [0.2, 0.25) is 0 Å². The summed E-state index contributed by atoms with van der Waals surface area (Å²) in [6, 6.07) is 6.47. The van der Waals surface area contributed by atoms with Crippen LogP contribution in [0.5, 0.6) is 0 Å². The van der Waals surface area contributed by atoms with Crippen LogP contribution in [0, 0.1) is 12.7 Å². The van der Waals surface area contributed by atoms with Crippen molar-refractivity contribution in [1.29, 1.82) is 0 Å². The first kappa shape index (κ1) is 19.6. The van der Waals surface area contributed by atoms with E-state index >= 15 is 0 Å². The monoisotopic (exact) mass is 414 g/mol. The molecule has 30 heavy (non-hydrogen) atoms. The van der Waals surface area contributed by atoms with Crippen LogP contribution in [0.15, 0.2) is 42.7 Å². The first-order valence-electron chi connectivity index (χ1n) is 9.03. The molecule has 7 nitrogen and oxygen atoms in total. The summed E-state index contributed by atoms with van der Waals surface area (Å²) in [5.74, 6) is -0.957. The average molecular weight is 414 g/mol. The molecule has 0 fully saturated rings. The molecule has 1 amide bonds. The van der Waals surface area contributed by atoms with E-state index in [1.165, 1.54) is 36.5 Å². The highest BCUT2D eigenvalue weighted by atomic mass is 19.3. The van der Waals surface area contributed by atoms with Gasteiger partial charge in [0, 0.05) is 30.4 Å². The van der Waals surface area contributed by atoms with E-state index in [9.17, 15) is 18.0 Å². The minimum Gasteiger partial charge on any atom is -0.348 e. The van der Waals surface area contributed by atoms with Gasteiger partial charge in [-0.1, -0.05) is 0 Å². The van der Waals surface area contributed by atoms with Crippen molar-refractivity contribution in [2.45, 2.75) is 19.9 Å². The van der Waals surface area contributed by atoms with Crippen molar-refractivity contribution in [3.63, 3.8) is 0 Å². The number of carbonyl (C=O) groups is 1. The van der Waals surface area contributed by atoms with Crippen LogP contribution < -0.4 is 5.32 Å². The number of amides is 1. The Balaban J connectivity index is 1.72. The molecule has 3 aromatic heterocycles. The Labute approximate surface area is 169 Å². The molecule has 1 N–H and O–H groups in total. The molecule has 154 valence electrons. The van der Waals surface area contributed by atoms with Gasteiger partial charge in [-0.25, -0.2) is 22.7 Å². The van der Waals surface area contributed by atoms with Gasteiger partial charge in [0.15, 0.2) is 5.65 Å². The number of hydrogen-bond donors (Lipinski definition) is 1. The molecule has 10 heteroatoms. The van der Waals surface area contributed by atoms with Gasteiger partial charge in [0.2, 0.25) is 0 Å². The number of nitrogens with one attached hydrogen (secondary N) is 1. The predicted octanol–water partition coefficient (Wildman–Crippen LogP) is 3.44. The van der Waals surface area contributed by atoms with Gasteiger partial charge in [-0.3, -0.25) is 9.48 Å². The van der Waals surface area contributed by atoms with Crippen LogP contribution in [0.3, 0.4) is 0 Å². The predicted molar refractivity (Wildman–Crippen MR) is 102 cm³/mol. The van der Waals surface area contributed by atoms with E-state index in [1.54, 1.807) is 17.9 Å². The third-order valence-corrected chi connectivity index (χ3v) is 4.88. The Morgan fingerprint density at radius 3 is 2.53 bits per heavy atom. The summed E-state index contributed by atoms with van der Waals surface area (Å²) in [5, 5.41) is 10.8. The largest absolute Gasteiger partial charge is 0.348 e. The maximum atomic E-state index is 13.6. The minimum atomic E-state index is -2.84. The SMILES string of the molecule is Cc1c(CNC(=O)c2cnn3c(C(F)F)cc(-c4ccc(F)cc4)nc23)cnn1C. The fraction of sp³-hybridized carbons (Fsp3) is 0.200. The van der Waals surface area contributed by atoms with Crippen molar-refractivity contribution in [2.75, 3.05) is 0 Å². The second kappa shape index (κ2) is 7.62. The fourth-order valence-electron chi connectivity index (χ4n) is 3.06. The first-order chi connectivity index (χ1) is 14.3. The Morgan fingerprint density at radius 2 is 1.90 bits per heavy atom. The molecule has 0 unspecified atom stereocenters. The number of aromatic nitrogens is 5. The van der Waals surface area contributed by atoms with Crippen LogP contribution in [-0.4, -0.2) is 30.3 Å². The lowest BCUT2D eigenvalue weighted by atomic mass is 10.1. The third kappa shape index (κ3) is 3.51. The standard InChI is InChI=1S/C20H17F3N6O/c1-11-13(9-25-28(11)2)8-24-20(30)15-10-26-29-17(18(22)23)7-16(27-19(15)29)12-3-5-14(21)6-4-12/h3-7,9-10,18H,8H2,1-2H3,(H,24,30). The molecule has 0 aliphatic rings. The normalized spacial score (nSPS) is 11.4. The molecule has 0 radical (unpaired) electrons. The molecule has 0 atom stereocenters. The summed E-state index contributed by atoms with van der Waals surface area (Å²) in [6.45, 7) is 2.09. The summed E-state index contributed by atoms with van der Waals surface area (Å²) in [5.41, 5.74) is 1.99. The lowest BCUT2D eigenvalue weighted by Crippen LogP contribution is -2.23. The Morgan fingerprint density at radius 1 is 1.17 bits per heavy atom. The summed E-state index contributed by atoms with van der Waals surface area (Å²) in [4.78, 5) is 17.1. The molecule has 0 spiro atoms. The third-order valence-electron chi connectivity index (χ3n) is 4.88. The molecule has 0 aliphatic heterocycles. The van der Waals surface area contributed by atoms with Gasteiger partial charge in [0.25, 0.3) is 12.3 Å². The highest BCUT2D eigenvalue weighted by molar-refractivity contribution is 5.99. The number of alkyl halides is 2. The molecule has 1 aromatic carbocycles. The summed E-state index contributed by atoms with van der Waals surface area (Å²) >= 11 is 0. The van der Waals surface area contributed by atoms with Gasteiger partial charge < -0.3 is 5.32 Å². The number of rotatable bonds is 5. The van der Waals surface area contributed by atoms with Gasteiger partial charge in [-0.05, 0) is 37.3 Å². The number of carbonyl (C=O) groups excluding carboxylic acids is 1. The van der Waals surface area contributed by atoms with E-state index in [4.69, 9.17) is 0 Å². The fourth-order valence-corrected chi connectivity index (χ4v) is 3.06. The lowest BCUT2D eigenvalue weighted by molar-refractivity contribution is 0.0952. The van der Waals surface area contributed by atoms with E-state index in [0.29, 0.717) is 5.56 Å². The van der Waals surface area contributed by atoms with E-state index < -0.39 is 23.8 Å². The number of nitrogens with zero attached hydrogens (tertiary/aromatic N) is 5. The van der Waals surface area contributed by atoms with E-state index in [2.05, 4.69) is 20.5 Å². The molecule has 0 aliphatic carbocycles. The zero-order valence-electron chi connectivity index (χ0n) is 16.1. The Bertz CT molecular complexity index is 1230. The van der Waals surface area contributed by atoms with Crippen LogP contribution in [0.4, 0.5) is 13.2 Å². The van der Waals surface area contributed by atoms with Crippen molar-refractivity contribution >= 4 is 11.6 Å². The average Bonchev–Trinajstić information content (AvgIpc) is 3.29. The summed E-state index contributed by atoms with van der Waals surface area (Å²) in [6.07, 6.45) is 0.00289. The Kier molecular flexibility index (Phi) is 4.98. The minimum absolute atomic E-state index is 0.00691. The summed E-state index contributed by atoms with van der Waals surface area (Å²) < 4.78 is 43.1. The number of halogens is 3. The zero-order valence-corrected chi connectivity index (χ0v) is 16.1. The quantitative estimate of drug-likeness (QED) is 0.543. The van der Waals surface area contributed by atoms with Crippen molar-refractivity contribution in [3.05, 3.63) is 71.1 Å². The van der Waals surface area contributed by atoms with Crippen LogP contribution in [0.25, 0.3) is 16.9 Å². The van der Waals surface area contributed by atoms with Gasteiger partial charge in [0.05, 0.1) is 18.1 Å². The number of fused-ring (bicyclic) bond motifs is 1. The molecule has 0 saturated heterocycles. The molecule has 4 aromatic rings. The van der Waals surface area contributed by atoms with E-state index in [-0.39, 0.29) is 23.4 Å². The van der Waals surface area contributed by atoms with Crippen LogP contribution >= 0.6 is 0 Å². The van der Waals surface area contributed by atoms with Crippen molar-refractivity contribution < 1.29 is 18.0 Å². The van der Waals surface area contributed by atoms with Gasteiger partial charge >= 0.3 is 0 Å². The van der Waals surface area contributed by atoms with Crippen molar-refractivity contribution in [2.24, 2.45) is 7.05 Å². The van der Waals surface area contributed by atoms with E-state index in [0.717, 1.165) is 15.8 Å². The lowest BCUT2D eigenvalue weighted by Gasteiger charge is -2.09. The number of benzene rings is 1. The summed E-state index contributed by atoms with van der Waals surface area (Å²) in [7, 11) is 1.79. The van der Waals surface area contributed by atoms with E-state index in [1.807, 2.05) is 6.92 Å². The Hall–Kier alpha value is -3.69. The maximum Gasteiger partial charge on any atom is 0.280 e. The highest BCUT2D eigenvalue weighted by Crippen LogP contribution is 2.27. The highest BCUT2D eigenvalue weighted by Gasteiger charge is 2.21. The molecular weight excluding hydrogens is 397 g/mol. The second-order valence-corrected chi connectivity index (χ2v) is 6.73. The molecule has 4 rings (SSSR count). The van der Waals surface area contributed by atoms with Crippen molar-refractivity contribution in [3.8, 4) is 11.3 Å². The smallest absolute Gasteiger partial charge is 0.280 e. The zero-order chi connectivity index (χ0) is 21.4. The van der Waals surface area contributed by atoms with Gasteiger partial charge in [-0.15, -0.1) is 0 Å². The molecule has 0 bridgehead atoms. The molecule has 0 saturated carbocycles. The molecular formula is C20H17F3N6O. The first-order valence-corrected chi connectivity index (χ1v) is 9.03. The van der Waals surface area contributed by atoms with Crippen molar-refractivity contribution in [1.82, 2.24) is 29.7 Å². The second-order valence-electron chi connectivity index (χ2n) is 6.73. The number of aryl methyl sites for hydroxylation is 1. The molecule has 3 heterocycles. The maximum absolute atomic E-state index is 13.6. The van der Waals surface area contributed by atoms with Gasteiger partial charge in [-0.2, -0.15) is 10.2 Å². The van der Waals surface area contributed by atoms with Crippen LogP contribution in [0.1, 0.15) is 33.7 Å². The topological polar surface area (TPSA) is 77.1 Å².